The number of methoxy groups -OCH3 is 1. The number of para-hydroxylation sites is 1. The molecule has 2 atom stereocenters. The largest absolute Gasteiger partial charge is 0.495 e. The number of ether oxygens (including phenoxy) is 2. The van der Waals surface area contributed by atoms with Gasteiger partial charge in [0.2, 0.25) is 5.91 Å². The molecule has 0 spiro atoms. The standard InChI is InChI=1S/C28H27Cl2N3O6/c1-38-25-12-17(6-11-24(25)32-28(37)31-23-5-3-2-4-22(23)30)13-26(34)33-15-19(29)14-20(33)16-39-21-9-7-18(8-10-21)27(35)36/h2-12,19-20H,13-16H2,1H3,(H,35,36)(H2,31,32,37)/t19-,20+/m1/s1. The number of carbonyl (C=O) groups excluding carboxylic acids is 2. The van der Waals surface area contributed by atoms with Crippen molar-refractivity contribution in [3.8, 4) is 11.5 Å². The molecule has 0 bridgehead atoms. The third kappa shape index (κ3) is 7.34. The lowest BCUT2D eigenvalue weighted by atomic mass is 10.1. The van der Waals surface area contributed by atoms with Gasteiger partial charge in [0.1, 0.15) is 18.1 Å². The number of aromatic carboxylic acids is 1. The minimum atomic E-state index is -1.01. The number of alkyl halides is 1. The summed E-state index contributed by atoms with van der Waals surface area (Å²) in [6.45, 7) is 0.624. The number of hydrogen-bond acceptors (Lipinski definition) is 5. The molecule has 3 amide bonds. The Morgan fingerprint density at radius 1 is 1.03 bits per heavy atom. The smallest absolute Gasteiger partial charge is 0.335 e. The van der Waals surface area contributed by atoms with Gasteiger partial charge in [-0.1, -0.05) is 29.8 Å². The average Bonchev–Trinajstić information content (AvgIpc) is 3.30. The van der Waals surface area contributed by atoms with E-state index in [1.165, 1.54) is 19.2 Å². The molecule has 1 aliphatic heterocycles. The first kappa shape index (κ1) is 28.1. The molecule has 204 valence electrons. The molecule has 3 aromatic carbocycles. The maximum atomic E-state index is 13.2. The van der Waals surface area contributed by atoms with E-state index >= 15 is 0 Å². The predicted octanol–water partition coefficient (Wildman–Crippen LogP) is 5.52. The Kier molecular flexibility index (Phi) is 9.16. The second kappa shape index (κ2) is 12.7. The molecule has 9 nitrogen and oxygen atoms in total. The van der Waals surface area contributed by atoms with Gasteiger partial charge in [-0.05, 0) is 60.5 Å². The van der Waals surface area contributed by atoms with Gasteiger partial charge in [-0.25, -0.2) is 9.59 Å². The molecule has 1 fully saturated rings. The van der Waals surface area contributed by atoms with Gasteiger partial charge in [0, 0.05) is 6.54 Å². The highest BCUT2D eigenvalue weighted by Gasteiger charge is 2.34. The van der Waals surface area contributed by atoms with E-state index in [0.717, 1.165) is 0 Å². The summed E-state index contributed by atoms with van der Waals surface area (Å²) in [7, 11) is 1.48. The molecule has 0 radical (unpaired) electrons. The Morgan fingerprint density at radius 3 is 2.44 bits per heavy atom. The van der Waals surface area contributed by atoms with Crippen molar-refractivity contribution in [2.24, 2.45) is 0 Å². The van der Waals surface area contributed by atoms with Gasteiger partial charge < -0.3 is 30.1 Å². The third-order valence-corrected chi connectivity index (χ3v) is 6.86. The van der Waals surface area contributed by atoms with Crippen LogP contribution in [0.3, 0.4) is 0 Å². The average molecular weight is 572 g/mol. The number of amides is 3. The van der Waals surface area contributed by atoms with E-state index in [4.69, 9.17) is 37.8 Å². The van der Waals surface area contributed by atoms with Crippen LogP contribution in [0.25, 0.3) is 0 Å². The van der Waals surface area contributed by atoms with Gasteiger partial charge in [-0.2, -0.15) is 0 Å². The van der Waals surface area contributed by atoms with Crippen molar-refractivity contribution in [3.63, 3.8) is 0 Å². The Hall–Kier alpha value is -3.95. The van der Waals surface area contributed by atoms with Crippen LogP contribution in [0.15, 0.2) is 66.7 Å². The first-order valence-electron chi connectivity index (χ1n) is 12.1. The van der Waals surface area contributed by atoms with E-state index in [0.29, 0.717) is 46.4 Å². The van der Waals surface area contributed by atoms with Gasteiger partial charge in [0.25, 0.3) is 0 Å². The summed E-state index contributed by atoms with van der Waals surface area (Å²) in [6, 6.07) is 17.4. The molecule has 0 unspecified atom stereocenters. The van der Waals surface area contributed by atoms with Crippen LogP contribution in [0.4, 0.5) is 16.2 Å². The van der Waals surface area contributed by atoms with Crippen LogP contribution in [0, 0.1) is 0 Å². The van der Waals surface area contributed by atoms with Crippen molar-refractivity contribution in [2.75, 3.05) is 30.9 Å². The normalized spacial score (nSPS) is 16.4. The minimum Gasteiger partial charge on any atom is -0.495 e. The summed E-state index contributed by atoms with van der Waals surface area (Å²) >= 11 is 12.5. The Bertz CT molecular complexity index is 1350. The summed E-state index contributed by atoms with van der Waals surface area (Å²) < 4.78 is 11.3. The Labute approximate surface area is 235 Å². The van der Waals surface area contributed by atoms with E-state index in [9.17, 15) is 14.4 Å². The number of urea groups is 1. The molecule has 4 rings (SSSR count). The molecule has 1 heterocycles. The maximum Gasteiger partial charge on any atom is 0.335 e. The molecular formula is C28H27Cl2N3O6. The Balaban J connectivity index is 1.37. The molecule has 0 aliphatic carbocycles. The van der Waals surface area contributed by atoms with Crippen molar-refractivity contribution in [3.05, 3.63) is 82.9 Å². The molecule has 3 aromatic rings. The number of anilines is 2. The zero-order valence-corrected chi connectivity index (χ0v) is 22.5. The lowest BCUT2D eigenvalue weighted by molar-refractivity contribution is -0.131. The van der Waals surface area contributed by atoms with Crippen LogP contribution < -0.4 is 20.1 Å². The van der Waals surface area contributed by atoms with E-state index in [-0.39, 0.29) is 35.9 Å². The van der Waals surface area contributed by atoms with E-state index < -0.39 is 12.0 Å². The fourth-order valence-corrected chi connectivity index (χ4v) is 4.81. The summed E-state index contributed by atoms with van der Waals surface area (Å²) in [5, 5.41) is 14.7. The second-order valence-corrected chi connectivity index (χ2v) is 9.97. The van der Waals surface area contributed by atoms with Crippen LogP contribution in [0.2, 0.25) is 5.02 Å². The molecule has 3 N–H and O–H groups in total. The number of halogens is 2. The summed E-state index contributed by atoms with van der Waals surface area (Å²) in [5.41, 5.74) is 1.77. The molecule has 0 aromatic heterocycles. The number of nitrogens with one attached hydrogen (secondary N) is 2. The van der Waals surface area contributed by atoms with Crippen LogP contribution in [0.5, 0.6) is 11.5 Å². The van der Waals surface area contributed by atoms with Gasteiger partial charge in [-0.3, -0.25) is 4.79 Å². The van der Waals surface area contributed by atoms with Crippen LogP contribution in [0.1, 0.15) is 22.3 Å². The summed E-state index contributed by atoms with van der Waals surface area (Å²) in [5.74, 6) is -0.222. The number of carboxylic acids is 1. The van der Waals surface area contributed by atoms with Gasteiger partial charge in [0.15, 0.2) is 0 Å². The van der Waals surface area contributed by atoms with Gasteiger partial charge in [-0.15, -0.1) is 11.6 Å². The highest BCUT2D eigenvalue weighted by atomic mass is 35.5. The number of carbonyl (C=O) groups is 3. The first-order valence-corrected chi connectivity index (χ1v) is 12.9. The van der Waals surface area contributed by atoms with E-state index in [1.807, 2.05) is 0 Å². The van der Waals surface area contributed by atoms with Crippen molar-refractivity contribution < 1.29 is 29.0 Å². The maximum absolute atomic E-state index is 13.2. The third-order valence-electron chi connectivity index (χ3n) is 6.22. The lowest BCUT2D eigenvalue weighted by Gasteiger charge is -2.25. The van der Waals surface area contributed by atoms with Gasteiger partial charge in [0.05, 0.1) is 46.9 Å². The fourth-order valence-electron chi connectivity index (χ4n) is 4.27. The van der Waals surface area contributed by atoms with Crippen molar-refractivity contribution in [1.29, 1.82) is 0 Å². The number of carboxylic acid groups (broad SMARTS) is 1. The second-order valence-electron chi connectivity index (χ2n) is 8.94. The van der Waals surface area contributed by atoms with Gasteiger partial charge >= 0.3 is 12.0 Å². The highest BCUT2D eigenvalue weighted by molar-refractivity contribution is 6.33. The summed E-state index contributed by atoms with van der Waals surface area (Å²) in [6.07, 6.45) is 0.684. The number of likely N-dealkylation sites (tertiary alicyclic amines) is 1. The molecule has 11 heteroatoms. The first-order chi connectivity index (χ1) is 18.7. The minimum absolute atomic E-state index is 0.107. The summed E-state index contributed by atoms with van der Waals surface area (Å²) in [4.78, 5) is 38.4. The molecular weight excluding hydrogens is 545 g/mol. The highest BCUT2D eigenvalue weighted by Crippen LogP contribution is 2.29. The topological polar surface area (TPSA) is 117 Å². The van der Waals surface area contributed by atoms with E-state index in [2.05, 4.69) is 10.6 Å². The SMILES string of the molecule is COc1cc(CC(=O)N2C[C@H](Cl)C[C@H]2COc2ccc(C(=O)O)cc2)ccc1NC(=O)Nc1ccccc1Cl. The number of benzene rings is 3. The molecule has 0 saturated carbocycles. The predicted molar refractivity (Wildman–Crippen MR) is 149 cm³/mol. The van der Waals surface area contributed by atoms with Crippen LogP contribution in [-0.2, 0) is 11.2 Å². The quantitative estimate of drug-likeness (QED) is 0.291. The van der Waals surface area contributed by atoms with Crippen molar-refractivity contribution >= 4 is 52.5 Å². The lowest BCUT2D eigenvalue weighted by Crippen LogP contribution is -2.40. The number of rotatable bonds is 9. The van der Waals surface area contributed by atoms with Crippen LogP contribution in [-0.4, -0.2) is 59.6 Å². The number of hydrogen-bond donors (Lipinski definition) is 3. The Morgan fingerprint density at radius 2 is 1.74 bits per heavy atom. The monoisotopic (exact) mass is 571 g/mol. The molecule has 1 saturated heterocycles. The van der Waals surface area contributed by atoms with Crippen LogP contribution >= 0.6 is 23.2 Å². The zero-order valence-electron chi connectivity index (χ0n) is 21.0. The molecule has 1 aliphatic rings. The zero-order chi connectivity index (χ0) is 27.9. The fraction of sp³-hybridized carbons (Fsp3) is 0.250. The number of nitrogens with zero attached hydrogens (tertiary/aromatic N) is 1. The van der Waals surface area contributed by atoms with E-state index in [1.54, 1.807) is 59.5 Å². The van der Waals surface area contributed by atoms with Crippen molar-refractivity contribution in [1.82, 2.24) is 4.90 Å². The molecule has 39 heavy (non-hydrogen) atoms. The van der Waals surface area contributed by atoms with Crippen molar-refractivity contribution in [2.45, 2.75) is 24.3 Å².